The highest BCUT2D eigenvalue weighted by Crippen LogP contribution is 2.31. The minimum atomic E-state index is -4.51. The summed E-state index contributed by atoms with van der Waals surface area (Å²) >= 11 is 0. The molecule has 1 aromatic rings. The van der Waals surface area contributed by atoms with Gasteiger partial charge in [-0.15, -0.1) is 0 Å². The lowest BCUT2D eigenvalue weighted by atomic mass is 9.82. The molecule has 2 unspecified atom stereocenters. The van der Waals surface area contributed by atoms with Crippen LogP contribution in [0.1, 0.15) is 99.0 Å². The van der Waals surface area contributed by atoms with Crippen molar-refractivity contribution >= 4 is 29.5 Å². The monoisotopic (exact) mass is 694 g/mol. The van der Waals surface area contributed by atoms with Crippen molar-refractivity contribution in [2.45, 2.75) is 136 Å². The number of benzene rings is 1. The topological polar surface area (TPSA) is 166 Å². The van der Waals surface area contributed by atoms with Crippen molar-refractivity contribution in [2.75, 3.05) is 7.11 Å². The Morgan fingerprint density at radius 1 is 0.878 bits per heavy atom. The van der Waals surface area contributed by atoms with Crippen LogP contribution in [0, 0.1) is 17.8 Å². The number of rotatable bonds is 17. The van der Waals surface area contributed by atoms with E-state index in [-0.39, 0.29) is 31.1 Å². The highest BCUT2D eigenvalue weighted by molar-refractivity contribution is 6.01. The van der Waals surface area contributed by atoms with Crippen LogP contribution in [0.3, 0.4) is 0 Å². The van der Waals surface area contributed by atoms with E-state index in [1.165, 1.54) is 27.9 Å². The second-order valence-corrected chi connectivity index (χ2v) is 14.8. The Hall–Kier alpha value is -3.61. The van der Waals surface area contributed by atoms with Gasteiger partial charge in [-0.2, -0.15) is 8.78 Å². The second kappa shape index (κ2) is 18.4. The molecule has 49 heavy (non-hydrogen) atoms. The third-order valence-electron chi connectivity index (χ3n) is 8.41. The van der Waals surface area contributed by atoms with Crippen LogP contribution in [0.4, 0.5) is 8.78 Å². The average molecular weight is 695 g/mol. The van der Waals surface area contributed by atoms with Gasteiger partial charge in [-0.05, 0) is 62.6 Å². The number of nitrogens with one attached hydrogen (secondary N) is 3. The molecule has 2 rings (SSSR count). The van der Waals surface area contributed by atoms with E-state index in [0.29, 0.717) is 24.2 Å². The number of amides is 3. The van der Waals surface area contributed by atoms with Crippen LogP contribution in [0.15, 0.2) is 24.3 Å². The van der Waals surface area contributed by atoms with Gasteiger partial charge in [0.05, 0.1) is 19.2 Å². The lowest BCUT2D eigenvalue weighted by molar-refractivity contribution is -0.176. The Labute approximate surface area is 289 Å². The quantitative estimate of drug-likeness (QED) is 0.176. The van der Waals surface area contributed by atoms with Gasteiger partial charge in [-0.25, -0.2) is 4.79 Å². The third kappa shape index (κ3) is 13.3. The van der Waals surface area contributed by atoms with E-state index < -0.39 is 71.1 Å². The number of nitrogens with two attached hydrogens (primary N) is 1. The molecule has 0 heterocycles. The second-order valence-electron chi connectivity index (χ2n) is 14.8. The van der Waals surface area contributed by atoms with Crippen molar-refractivity contribution in [2.24, 2.45) is 23.5 Å². The molecule has 1 saturated carbocycles. The van der Waals surface area contributed by atoms with Gasteiger partial charge in [0.2, 0.25) is 23.5 Å². The summed E-state index contributed by atoms with van der Waals surface area (Å²) < 4.78 is 43.3. The number of Topliss-reactive ketones (excluding diaryl/α,β-unsaturated/α-hetero) is 1. The Kier molecular flexibility index (Phi) is 15.6. The van der Waals surface area contributed by atoms with E-state index in [0.717, 1.165) is 19.3 Å². The Morgan fingerprint density at radius 3 is 1.98 bits per heavy atom. The first-order valence-electron chi connectivity index (χ1n) is 17.2. The zero-order valence-electron chi connectivity index (χ0n) is 30.2. The molecule has 3 amide bonds. The maximum Gasteiger partial charge on any atom is 0.337 e. The molecular formula is C36H56F2N4O7. The number of halogens is 2. The van der Waals surface area contributed by atoms with Crippen LogP contribution in [-0.2, 0) is 35.1 Å². The van der Waals surface area contributed by atoms with Crippen LogP contribution >= 0.6 is 0 Å². The molecule has 0 spiro atoms. The standard InChI is InChI=1S/C36H56F2N4O7/c1-21(2)18-28(43)40-27(20-24-14-16-25(48-8)17-15-24)32(45)41-26(19-23-12-10-9-11-13-23)31(44)36(37,38)30(34(47)49-35(5,6)7)42-33(46)29(39)22(3)4/h14-17,21-23,26-27,29-30H,9-13,18-20,39H2,1-8H3,(H,40,43)(H,41,45)(H,42,46)/t26?,27-,29-,30?/m0/s1. The molecule has 276 valence electrons. The summed E-state index contributed by atoms with van der Waals surface area (Å²) in [5.41, 5.74) is 5.32. The zero-order valence-corrected chi connectivity index (χ0v) is 30.2. The van der Waals surface area contributed by atoms with E-state index >= 15 is 8.78 Å². The predicted molar refractivity (Wildman–Crippen MR) is 182 cm³/mol. The average Bonchev–Trinajstić information content (AvgIpc) is 3.01. The van der Waals surface area contributed by atoms with Gasteiger partial charge in [-0.3, -0.25) is 19.2 Å². The molecule has 11 nitrogen and oxygen atoms in total. The van der Waals surface area contributed by atoms with Crippen LogP contribution < -0.4 is 26.4 Å². The van der Waals surface area contributed by atoms with Crippen molar-refractivity contribution in [3.05, 3.63) is 29.8 Å². The minimum Gasteiger partial charge on any atom is -0.497 e. The molecule has 0 aliphatic heterocycles. The van der Waals surface area contributed by atoms with E-state index in [4.69, 9.17) is 15.2 Å². The number of methoxy groups -OCH3 is 1. The normalized spacial score (nSPS) is 16.7. The molecule has 4 atom stereocenters. The third-order valence-corrected chi connectivity index (χ3v) is 8.41. The molecule has 1 aliphatic rings. The Bertz CT molecular complexity index is 1270. The fourth-order valence-corrected chi connectivity index (χ4v) is 5.66. The molecule has 1 aromatic carbocycles. The fourth-order valence-electron chi connectivity index (χ4n) is 5.66. The SMILES string of the molecule is COc1ccc(C[C@H](NC(=O)CC(C)C)C(=O)NC(CC2CCCCC2)C(=O)C(F)(F)C(NC(=O)[C@@H](N)C(C)C)C(=O)OC(C)(C)C)cc1. The summed E-state index contributed by atoms with van der Waals surface area (Å²) in [6.07, 6.45) is 3.98. The molecule has 0 saturated heterocycles. The van der Waals surface area contributed by atoms with Gasteiger partial charge < -0.3 is 31.2 Å². The summed E-state index contributed by atoms with van der Waals surface area (Å²) in [5.74, 6) is -10.1. The predicted octanol–water partition coefficient (Wildman–Crippen LogP) is 4.24. The van der Waals surface area contributed by atoms with Crippen LogP contribution in [-0.4, -0.2) is 72.3 Å². The van der Waals surface area contributed by atoms with E-state index in [1.54, 1.807) is 38.1 Å². The summed E-state index contributed by atoms with van der Waals surface area (Å²) in [6, 6.07) is -0.110. The number of esters is 1. The lowest BCUT2D eigenvalue weighted by Crippen LogP contribution is -2.64. The molecular weight excluding hydrogens is 638 g/mol. The number of ketones is 1. The largest absolute Gasteiger partial charge is 0.497 e. The molecule has 1 fully saturated rings. The first kappa shape index (κ1) is 41.6. The molecule has 0 bridgehead atoms. The number of carbonyl (C=O) groups excluding carboxylic acids is 5. The maximum absolute atomic E-state index is 16.4. The van der Waals surface area contributed by atoms with Crippen LogP contribution in [0.2, 0.25) is 0 Å². The van der Waals surface area contributed by atoms with Gasteiger partial charge in [-0.1, -0.05) is 71.9 Å². The Balaban J connectivity index is 2.51. The van der Waals surface area contributed by atoms with E-state index in [2.05, 4.69) is 10.6 Å². The van der Waals surface area contributed by atoms with E-state index in [9.17, 15) is 24.0 Å². The van der Waals surface area contributed by atoms with Crippen molar-refractivity contribution in [3.63, 3.8) is 0 Å². The zero-order chi connectivity index (χ0) is 37.1. The smallest absolute Gasteiger partial charge is 0.337 e. The first-order valence-corrected chi connectivity index (χ1v) is 17.2. The number of hydrogen-bond donors (Lipinski definition) is 4. The summed E-state index contributed by atoms with van der Waals surface area (Å²) in [6.45, 7) is 11.3. The van der Waals surface area contributed by atoms with Crippen molar-refractivity contribution in [1.82, 2.24) is 16.0 Å². The van der Waals surface area contributed by atoms with Crippen molar-refractivity contribution < 1.29 is 42.2 Å². The lowest BCUT2D eigenvalue weighted by Gasteiger charge is -2.33. The number of ether oxygens (including phenoxy) is 2. The van der Waals surface area contributed by atoms with Gasteiger partial charge in [0.15, 0.2) is 6.04 Å². The van der Waals surface area contributed by atoms with Crippen molar-refractivity contribution in [1.29, 1.82) is 0 Å². The summed E-state index contributed by atoms with van der Waals surface area (Å²) in [4.78, 5) is 66.7. The van der Waals surface area contributed by atoms with Crippen LogP contribution in [0.25, 0.3) is 0 Å². The fraction of sp³-hybridized carbons (Fsp3) is 0.694. The Morgan fingerprint density at radius 2 is 1.47 bits per heavy atom. The minimum absolute atomic E-state index is 0.00404. The summed E-state index contributed by atoms with van der Waals surface area (Å²) in [7, 11) is 1.51. The summed E-state index contributed by atoms with van der Waals surface area (Å²) in [5, 5.41) is 7.19. The van der Waals surface area contributed by atoms with Gasteiger partial charge >= 0.3 is 11.9 Å². The number of alkyl halides is 2. The molecule has 13 heteroatoms. The highest BCUT2D eigenvalue weighted by Gasteiger charge is 2.56. The highest BCUT2D eigenvalue weighted by atomic mass is 19.3. The van der Waals surface area contributed by atoms with Gasteiger partial charge in [0.1, 0.15) is 17.4 Å². The molecule has 0 aromatic heterocycles. The molecule has 0 radical (unpaired) electrons. The van der Waals surface area contributed by atoms with E-state index in [1.807, 2.05) is 19.2 Å². The number of hydrogen-bond acceptors (Lipinski definition) is 8. The molecule has 5 N–H and O–H groups in total. The first-order chi connectivity index (χ1) is 22.7. The molecule has 1 aliphatic carbocycles. The van der Waals surface area contributed by atoms with Crippen molar-refractivity contribution in [3.8, 4) is 5.75 Å². The van der Waals surface area contributed by atoms with Gasteiger partial charge in [0.25, 0.3) is 0 Å². The maximum atomic E-state index is 16.4. The van der Waals surface area contributed by atoms with Gasteiger partial charge in [0, 0.05) is 12.8 Å². The van der Waals surface area contributed by atoms with Crippen LogP contribution in [0.5, 0.6) is 5.75 Å². The number of carbonyl (C=O) groups is 5.